The summed E-state index contributed by atoms with van der Waals surface area (Å²) >= 11 is 0. The van der Waals surface area contributed by atoms with Gasteiger partial charge in [-0.05, 0) is 13.0 Å². The van der Waals surface area contributed by atoms with Crippen molar-refractivity contribution in [1.29, 1.82) is 0 Å². The number of halogens is 3. The van der Waals surface area contributed by atoms with E-state index in [1.54, 1.807) is 13.0 Å². The quantitative estimate of drug-likeness (QED) is 0.437. The third kappa shape index (κ3) is 4.46. The molecule has 2 saturated heterocycles. The minimum absolute atomic E-state index is 0.107. The predicted octanol–water partition coefficient (Wildman–Crippen LogP) is 1.26. The Bertz CT molecular complexity index is 834. The molecule has 5 atom stereocenters. The van der Waals surface area contributed by atoms with Crippen LogP contribution < -0.4 is 5.32 Å². The molecule has 12 heteroatoms. The van der Waals surface area contributed by atoms with Crippen LogP contribution in [0.25, 0.3) is 0 Å². The van der Waals surface area contributed by atoms with Crippen LogP contribution in [0.4, 0.5) is 19.0 Å². The molecule has 0 aliphatic carbocycles. The van der Waals surface area contributed by atoms with Crippen LogP contribution in [-0.2, 0) is 20.4 Å². The molecule has 0 saturated carbocycles. The number of aliphatic hydroxyl groups is 2. The van der Waals surface area contributed by atoms with Crippen molar-refractivity contribution in [2.45, 2.75) is 43.2 Å². The summed E-state index contributed by atoms with van der Waals surface area (Å²) in [6, 6.07) is -1.09. The van der Waals surface area contributed by atoms with Crippen LogP contribution in [0.15, 0.2) is 42.0 Å². The van der Waals surface area contributed by atoms with E-state index in [0.717, 1.165) is 6.20 Å². The lowest BCUT2D eigenvalue weighted by Gasteiger charge is -2.42. The number of aliphatic hydroxyl groups excluding tert-OH is 2. The number of aliphatic imine (C=N–C) groups is 1. The molecular weight excluding hydrogens is 409 g/mol. The highest BCUT2D eigenvalue weighted by atomic mass is 19.4. The molecule has 9 nitrogen and oxygen atoms in total. The van der Waals surface area contributed by atoms with Crippen molar-refractivity contribution >= 4 is 12.0 Å². The number of nitrogens with one attached hydrogen (secondary N) is 1. The number of nitrogens with zero attached hydrogens (tertiary/aromatic N) is 3. The van der Waals surface area contributed by atoms with Crippen LogP contribution in [0, 0.1) is 0 Å². The number of hydrogen-bond acceptors (Lipinski definition) is 9. The number of rotatable bonds is 7. The van der Waals surface area contributed by atoms with Gasteiger partial charge in [-0.25, -0.2) is 9.98 Å². The molecule has 0 radical (unpaired) electrons. The van der Waals surface area contributed by atoms with Gasteiger partial charge in [-0.1, -0.05) is 12.7 Å². The average molecular weight is 430 g/mol. The van der Waals surface area contributed by atoms with E-state index in [2.05, 4.69) is 26.9 Å². The summed E-state index contributed by atoms with van der Waals surface area (Å²) in [5.41, 5.74) is -2.58. The van der Waals surface area contributed by atoms with Gasteiger partial charge in [0.2, 0.25) is 5.88 Å². The Kier molecular flexibility index (Phi) is 6.41. The minimum atomic E-state index is -4.68. The fourth-order valence-electron chi connectivity index (χ4n) is 3.10. The van der Waals surface area contributed by atoms with Gasteiger partial charge in [0.05, 0.1) is 19.0 Å². The Labute approximate surface area is 169 Å². The summed E-state index contributed by atoms with van der Waals surface area (Å²) < 4.78 is 55.3. The Morgan fingerprint density at radius 1 is 1.47 bits per heavy atom. The summed E-state index contributed by atoms with van der Waals surface area (Å²) in [6.45, 7) is 4.93. The highest BCUT2D eigenvalue weighted by molar-refractivity contribution is 5.70. The largest absolute Gasteiger partial charge is 0.475 e. The van der Waals surface area contributed by atoms with Gasteiger partial charge in [0.25, 0.3) is 0 Å². The summed E-state index contributed by atoms with van der Waals surface area (Å²) in [5.74, 6) is -0.00334. The van der Waals surface area contributed by atoms with Crippen LogP contribution >= 0.6 is 0 Å². The fraction of sp³-hybridized carbons (Fsp3) is 0.500. The molecule has 2 fully saturated rings. The van der Waals surface area contributed by atoms with E-state index in [0.29, 0.717) is 6.20 Å². The molecule has 3 rings (SSSR count). The minimum Gasteiger partial charge on any atom is -0.475 e. The first-order chi connectivity index (χ1) is 14.2. The van der Waals surface area contributed by atoms with Gasteiger partial charge in [0.1, 0.15) is 30.7 Å². The first-order valence-electron chi connectivity index (χ1n) is 8.96. The number of hydrogen-bond donors (Lipinski definition) is 3. The van der Waals surface area contributed by atoms with Crippen LogP contribution in [0.5, 0.6) is 0 Å². The molecule has 2 aliphatic heterocycles. The van der Waals surface area contributed by atoms with Crippen molar-refractivity contribution in [1.82, 2.24) is 9.97 Å². The fourth-order valence-corrected chi connectivity index (χ4v) is 3.10. The van der Waals surface area contributed by atoms with Crippen molar-refractivity contribution in [2.24, 2.45) is 4.99 Å². The third-order valence-corrected chi connectivity index (χ3v) is 4.62. The molecule has 1 aromatic heterocycles. The number of ether oxygens (including phenoxy) is 3. The van der Waals surface area contributed by atoms with Crippen LogP contribution in [0.1, 0.15) is 12.6 Å². The summed E-state index contributed by atoms with van der Waals surface area (Å²) in [5, 5.41) is 23.8. The predicted molar refractivity (Wildman–Crippen MR) is 98.4 cm³/mol. The zero-order valence-corrected chi connectivity index (χ0v) is 15.9. The zero-order chi connectivity index (χ0) is 21.9. The van der Waals surface area contributed by atoms with Crippen molar-refractivity contribution in [3.05, 3.63) is 42.7 Å². The summed E-state index contributed by atoms with van der Waals surface area (Å²) in [4.78, 5) is 10.9. The van der Waals surface area contributed by atoms with E-state index < -0.39 is 42.0 Å². The van der Waals surface area contributed by atoms with E-state index in [1.165, 1.54) is 12.3 Å². The second-order valence-electron chi connectivity index (χ2n) is 6.68. The molecule has 0 unspecified atom stereocenters. The number of allylic oxidation sites excluding steroid dienone is 2. The maximum absolute atomic E-state index is 12.8. The molecular formula is C18H21F3N4O5. The lowest BCUT2D eigenvalue weighted by atomic mass is 9.88. The van der Waals surface area contributed by atoms with Gasteiger partial charge >= 0.3 is 6.18 Å². The average Bonchev–Trinajstić information content (AvgIpc) is 3.12. The van der Waals surface area contributed by atoms with Crippen LogP contribution in [0.3, 0.4) is 0 Å². The molecule has 3 N–H and O–H groups in total. The van der Waals surface area contributed by atoms with Gasteiger partial charge in [-0.3, -0.25) is 4.98 Å². The van der Waals surface area contributed by atoms with Crippen molar-refractivity contribution < 1.29 is 37.6 Å². The molecule has 30 heavy (non-hydrogen) atoms. The van der Waals surface area contributed by atoms with Gasteiger partial charge in [-0.2, -0.15) is 13.2 Å². The number of aromatic nitrogens is 2. The molecule has 3 heterocycles. The highest BCUT2D eigenvalue weighted by Gasteiger charge is 2.60. The molecule has 0 spiro atoms. The van der Waals surface area contributed by atoms with E-state index in [1.807, 2.05) is 0 Å². The lowest BCUT2D eigenvalue weighted by molar-refractivity contribution is -0.226. The monoisotopic (exact) mass is 430 g/mol. The first-order valence-corrected chi connectivity index (χ1v) is 8.96. The molecule has 2 bridgehead atoms. The van der Waals surface area contributed by atoms with E-state index in [4.69, 9.17) is 14.2 Å². The smallest absolute Gasteiger partial charge is 0.434 e. The van der Waals surface area contributed by atoms with Crippen molar-refractivity contribution in [2.75, 3.05) is 18.5 Å². The molecule has 164 valence electrons. The van der Waals surface area contributed by atoms with Gasteiger partial charge in [0, 0.05) is 6.21 Å². The Hall–Kier alpha value is -2.54. The van der Waals surface area contributed by atoms with E-state index >= 15 is 0 Å². The molecule has 1 aromatic rings. The maximum atomic E-state index is 12.8. The van der Waals surface area contributed by atoms with Crippen LogP contribution in [0.2, 0.25) is 0 Å². The molecule has 2 aliphatic rings. The van der Waals surface area contributed by atoms with Crippen LogP contribution in [-0.4, -0.2) is 69.8 Å². The zero-order valence-electron chi connectivity index (χ0n) is 15.9. The lowest BCUT2D eigenvalue weighted by Crippen LogP contribution is -2.64. The second-order valence-corrected chi connectivity index (χ2v) is 6.68. The number of alkyl halides is 3. The maximum Gasteiger partial charge on any atom is 0.434 e. The van der Waals surface area contributed by atoms with Gasteiger partial charge in [0.15, 0.2) is 17.6 Å². The van der Waals surface area contributed by atoms with E-state index in [9.17, 15) is 23.4 Å². The van der Waals surface area contributed by atoms with Gasteiger partial charge in [-0.15, -0.1) is 0 Å². The molecule has 0 aromatic carbocycles. The van der Waals surface area contributed by atoms with Gasteiger partial charge < -0.3 is 29.7 Å². The summed E-state index contributed by atoms with van der Waals surface area (Å²) in [6.07, 6.45) is -2.54. The Morgan fingerprint density at radius 3 is 2.90 bits per heavy atom. The summed E-state index contributed by atoms with van der Waals surface area (Å²) in [7, 11) is 0. The standard InChI is InChI=1S/C18H21F3N4O5/c1-3-5-23-12(4-2)28-8-17-9-29-16(30-17)13(14(26)15(17)27)25-11-7-22-6-10(24-11)18(19,20)21/h3-7,13-16,26-27H,1,8-9H2,2H3,(H,24,25)/b12-4+,23-5-/t13-,14-,15-,16+,17+/m1/s1. The first kappa shape index (κ1) is 22.2. The normalized spacial score (nSPS) is 31.7. The second kappa shape index (κ2) is 8.68. The number of anilines is 1. The Morgan fingerprint density at radius 2 is 2.23 bits per heavy atom. The van der Waals surface area contributed by atoms with Crippen molar-refractivity contribution in [3.8, 4) is 0 Å². The van der Waals surface area contributed by atoms with Crippen molar-refractivity contribution in [3.63, 3.8) is 0 Å². The molecule has 0 amide bonds. The third-order valence-electron chi connectivity index (χ3n) is 4.62. The highest BCUT2D eigenvalue weighted by Crippen LogP contribution is 2.38. The van der Waals surface area contributed by atoms with E-state index in [-0.39, 0.29) is 24.9 Å². The Balaban J connectivity index is 1.72. The number of fused-ring (bicyclic) bond motifs is 2. The topological polar surface area (TPSA) is 118 Å². The SMILES string of the molecule is C=C/C=N\C(=C/C)OC[C@@]12CO[C@@H](O1)[C@H](Nc1cncc(C(F)(F)F)n1)[C@@H](O)[C@H]2O.